The number of esters is 1. The van der Waals surface area contributed by atoms with Gasteiger partial charge < -0.3 is 14.2 Å². The number of carbonyl (C=O) groups is 1. The molecule has 0 aliphatic heterocycles. The highest BCUT2D eigenvalue weighted by Crippen LogP contribution is 2.37. The van der Waals surface area contributed by atoms with Gasteiger partial charge in [-0.2, -0.15) is 0 Å². The van der Waals surface area contributed by atoms with Gasteiger partial charge in [-0.1, -0.05) is 36.4 Å². The molecule has 4 nitrogen and oxygen atoms in total. The summed E-state index contributed by atoms with van der Waals surface area (Å²) in [7, 11) is 3.08. The summed E-state index contributed by atoms with van der Waals surface area (Å²) < 4.78 is 16.6. The van der Waals surface area contributed by atoms with E-state index in [4.69, 9.17) is 14.2 Å². The lowest BCUT2D eigenvalue weighted by molar-refractivity contribution is -0.140. The zero-order chi connectivity index (χ0) is 18.4. The van der Waals surface area contributed by atoms with Crippen LogP contribution in [0.3, 0.4) is 0 Å². The SMILES string of the molecule is COC(=O)CC(c1ccccc1)c1ccc(OC)c(OC2CCCC2)c1. The Kier molecular flexibility index (Phi) is 6.16. The number of ether oxygens (including phenoxy) is 3. The number of carbonyl (C=O) groups excluding carboxylic acids is 1. The number of rotatable bonds is 7. The van der Waals surface area contributed by atoms with E-state index in [0.717, 1.165) is 35.5 Å². The molecular weight excluding hydrogens is 328 g/mol. The average molecular weight is 354 g/mol. The van der Waals surface area contributed by atoms with Crippen molar-refractivity contribution in [3.05, 3.63) is 59.7 Å². The molecule has 0 spiro atoms. The molecule has 0 N–H and O–H groups in total. The maximum absolute atomic E-state index is 12.0. The molecule has 4 heteroatoms. The van der Waals surface area contributed by atoms with Gasteiger partial charge in [0.25, 0.3) is 0 Å². The van der Waals surface area contributed by atoms with Crippen molar-refractivity contribution in [1.29, 1.82) is 0 Å². The lowest BCUT2D eigenvalue weighted by Gasteiger charge is -2.21. The predicted molar refractivity (Wildman–Crippen MR) is 101 cm³/mol. The second-order valence-electron chi connectivity index (χ2n) is 6.68. The second kappa shape index (κ2) is 8.75. The summed E-state index contributed by atoms with van der Waals surface area (Å²) >= 11 is 0. The third-order valence-electron chi connectivity index (χ3n) is 4.99. The van der Waals surface area contributed by atoms with E-state index in [9.17, 15) is 4.79 Å². The molecule has 1 aliphatic rings. The summed E-state index contributed by atoms with van der Waals surface area (Å²) in [5.41, 5.74) is 2.10. The van der Waals surface area contributed by atoms with Gasteiger partial charge >= 0.3 is 5.97 Å². The van der Waals surface area contributed by atoms with Gasteiger partial charge in [-0.3, -0.25) is 4.79 Å². The maximum atomic E-state index is 12.0. The van der Waals surface area contributed by atoms with Gasteiger partial charge in [0.1, 0.15) is 0 Å². The monoisotopic (exact) mass is 354 g/mol. The highest BCUT2D eigenvalue weighted by Gasteiger charge is 2.22. The predicted octanol–water partition coefficient (Wildman–Crippen LogP) is 4.71. The molecule has 1 aliphatic carbocycles. The maximum Gasteiger partial charge on any atom is 0.306 e. The fourth-order valence-electron chi connectivity index (χ4n) is 3.55. The zero-order valence-corrected chi connectivity index (χ0v) is 15.4. The first-order valence-electron chi connectivity index (χ1n) is 9.17. The van der Waals surface area contributed by atoms with Crippen molar-refractivity contribution in [2.75, 3.05) is 14.2 Å². The van der Waals surface area contributed by atoms with Crippen molar-refractivity contribution in [3.8, 4) is 11.5 Å². The molecule has 2 aromatic rings. The first kappa shape index (κ1) is 18.3. The Morgan fingerprint density at radius 3 is 2.38 bits per heavy atom. The first-order valence-corrected chi connectivity index (χ1v) is 9.17. The molecule has 1 atom stereocenters. The van der Waals surface area contributed by atoms with Gasteiger partial charge in [0.15, 0.2) is 11.5 Å². The average Bonchev–Trinajstić information content (AvgIpc) is 3.19. The number of hydrogen-bond acceptors (Lipinski definition) is 4. The molecule has 138 valence electrons. The molecule has 0 bridgehead atoms. The molecular formula is C22H26O4. The second-order valence-corrected chi connectivity index (χ2v) is 6.68. The van der Waals surface area contributed by atoms with Crippen LogP contribution >= 0.6 is 0 Å². The lowest BCUT2D eigenvalue weighted by Crippen LogP contribution is -2.13. The molecule has 0 aromatic heterocycles. The van der Waals surface area contributed by atoms with Gasteiger partial charge in [-0.15, -0.1) is 0 Å². The van der Waals surface area contributed by atoms with Crippen molar-refractivity contribution >= 4 is 5.97 Å². The zero-order valence-electron chi connectivity index (χ0n) is 15.4. The third kappa shape index (κ3) is 4.37. The van der Waals surface area contributed by atoms with Crippen molar-refractivity contribution in [3.63, 3.8) is 0 Å². The van der Waals surface area contributed by atoms with Crippen LogP contribution in [0.1, 0.15) is 49.1 Å². The van der Waals surface area contributed by atoms with Gasteiger partial charge in [-0.05, 0) is 48.9 Å². The molecule has 0 amide bonds. The molecule has 0 saturated heterocycles. The Morgan fingerprint density at radius 1 is 1.00 bits per heavy atom. The van der Waals surface area contributed by atoms with Gasteiger partial charge in [0.05, 0.1) is 26.7 Å². The van der Waals surface area contributed by atoms with Crippen molar-refractivity contribution in [2.24, 2.45) is 0 Å². The van der Waals surface area contributed by atoms with Crippen LogP contribution in [0, 0.1) is 0 Å². The Bertz CT molecular complexity index is 720. The Balaban J connectivity index is 1.93. The largest absolute Gasteiger partial charge is 0.493 e. The number of methoxy groups -OCH3 is 2. The van der Waals surface area contributed by atoms with Crippen molar-refractivity contribution < 1.29 is 19.0 Å². The molecule has 1 fully saturated rings. The van der Waals surface area contributed by atoms with E-state index < -0.39 is 0 Å². The highest BCUT2D eigenvalue weighted by molar-refractivity contribution is 5.71. The molecule has 1 saturated carbocycles. The summed E-state index contributed by atoms with van der Waals surface area (Å²) in [6.07, 6.45) is 5.11. The molecule has 1 unspecified atom stereocenters. The summed E-state index contributed by atoms with van der Waals surface area (Å²) in [4.78, 5) is 12.0. The topological polar surface area (TPSA) is 44.8 Å². The van der Waals surface area contributed by atoms with Crippen LogP contribution in [-0.4, -0.2) is 26.3 Å². The van der Waals surface area contributed by atoms with E-state index >= 15 is 0 Å². The minimum absolute atomic E-state index is 0.0829. The lowest BCUT2D eigenvalue weighted by atomic mass is 9.88. The molecule has 3 rings (SSSR count). The van der Waals surface area contributed by atoms with Crippen LogP contribution in [0.15, 0.2) is 48.5 Å². The summed E-state index contributed by atoms with van der Waals surface area (Å²) in [5.74, 6) is 1.17. The van der Waals surface area contributed by atoms with Gasteiger partial charge in [-0.25, -0.2) is 0 Å². The van der Waals surface area contributed by atoms with E-state index in [1.807, 2.05) is 48.5 Å². The highest BCUT2D eigenvalue weighted by atomic mass is 16.5. The Labute approximate surface area is 155 Å². The molecule has 0 radical (unpaired) electrons. The van der Waals surface area contributed by atoms with Crippen LogP contribution in [0.5, 0.6) is 11.5 Å². The van der Waals surface area contributed by atoms with E-state index in [1.165, 1.54) is 20.0 Å². The van der Waals surface area contributed by atoms with Crippen LogP contribution in [0.4, 0.5) is 0 Å². The first-order chi connectivity index (χ1) is 12.7. The number of hydrogen-bond donors (Lipinski definition) is 0. The van der Waals surface area contributed by atoms with Crippen LogP contribution in [0.25, 0.3) is 0 Å². The van der Waals surface area contributed by atoms with Crippen LogP contribution in [-0.2, 0) is 9.53 Å². The smallest absolute Gasteiger partial charge is 0.306 e. The normalized spacial score (nSPS) is 15.5. The number of benzene rings is 2. The Morgan fingerprint density at radius 2 is 1.73 bits per heavy atom. The molecule has 26 heavy (non-hydrogen) atoms. The van der Waals surface area contributed by atoms with Gasteiger partial charge in [0, 0.05) is 5.92 Å². The standard InChI is InChI=1S/C22H26O4/c1-24-20-13-12-17(14-21(20)26-18-10-6-7-11-18)19(15-22(23)25-2)16-8-4-3-5-9-16/h3-5,8-9,12-14,18-19H,6-7,10-11,15H2,1-2H3. The van der Waals surface area contributed by atoms with E-state index in [2.05, 4.69) is 0 Å². The van der Waals surface area contributed by atoms with Gasteiger partial charge in [0.2, 0.25) is 0 Å². The van der Waals surface area contributed by atoms with E-state index in [1.54, 1.807) is 7.11 Å². The molecule has 0 heterocycles. The fourth-order valence-corrected chi connectivity index (χ4v) is 3.55. The minimum atomic E-state index is -0.229. The fraction of sp³-hybridized carbons (Fsp3) is 0.409. The quantitative estimate of drug-likeness (QED) is 0.676. The van der Waals surface area contributed by atoms with Crippen molar-refractivity contribution in [1.82, 2.24) is 0 Å². The van der Waals surface area contributed by atoms with E-state index in [0.29, 0.717) is 0 Å². The Hall–Kier alpha value is -2.49. The van der Waals surface area contributed by atoms with E-state index in [-0.39, 0.29) is 24.4 Å². The van der Waals surface area contributed by atoms with Crippen LogP contribution in [0.2, 0.25) is 0 Å². The summed E-state index contributed by atoms with van der Waals surface area (Å²) in [5, 5.41) is 0. The molecule has 2 aromatic carbocycles. The third-order valence-corrected chi connectivity index (χ3v) is 4.99. The summed E-state index contributed by atoms with van der Waals surface area (Å²) in [6, 6.07) is 16.0. The van der Waals surface area contributed by atoms with Crippen molar-refractivity contribution in [2.45, 2.75) is 44.1 Å². The summed E-state index contributed by atoms with van der Waals surface area (Å²) in [6.45, 7) is 0. The van der Waals surface area contributed by atoms with Crippen LogP contribution < -0.4 is 9.47 Å². The minimum Gasteiger partial charge on any atom is -0.493 e.